The van der Waals surface area contributed by atoms with E-state index in [4.69, 9.17) is 4.74 Å². The molecule has 20 heavy (non-hydrogen) atoms. The van der Waals surface area contributed by atoms with Gasteiger partial charge in [-0.25, -0.2) is 4.79 Å². The second-order valence-corrected chi connectivity index (χ2v) is 4.93. The van der Waals surface area contributed by atoms with Crippen LogP contribution in [0.25, 0.3) is 0 Å². The van der Waals surface area contributed by atoms with Crippen LogP contribution in [0, 0.1) is 0 Å². The number of ether oxygens (including phenoxy) is 1. The molecule has 0 aliphatic carbocycles. The number of cyclic esters (lactones) is 1. The third-order valence-electron chi connectivity index (χ3n) is 3.11. The van der Waals surface area contributed by atoms with Crippen molar-refractivity contribution in [1.29, 1.82) is 0 Å². The standard InChI is InChI=1S/C14H22O6/c1-9-5-3-2-4-6-10(15)13(18)14(19)11(16)7-8-12(17)20-9/h4,6-11,13-16,18-19H,2-3,5H2,1H3. The van der Waals surface area contributed by atoms with Gasteiger partial charge in [0.2, 0.25) is 0 Å². The lowest BCUT2D eigenvalue weighted by Gasteiger charge is -2.23. The molecule has 0 fully saturated rings. The van der Waals surface area contributed by atoms with Gasteiger partial charge in [-0.2, -0.15) is 0 Å². The van der Waals surface area contributed by atoms with Gasteiger partial charge >= 0.3 is 5.97 Å². The van der Waals surface area contributed by atoms with Gasteiger partial charge in [-0.15, -0.1) is 0 Å². The number of aliphatic hydroxyl groups excluding tert-OH is 4. The highest BCUT2D eigenvalue weighted by Crippen LogP contribution is 2.11. The summed E-state index contributed by atoms with van der Waals surface area (Å²) in [4.78, 5) is 11.4. The van der Waals surface area contributed by atoms with Crippen LogP contribution in [0.1, 0.15) is 26.2 Å². The molecule has 0 saturated heterocycles. The molecule has 1 aliphatic rings. The summed E-state index contributed by atoms with van der Waals surface area (Å²) in [6.45, 7) is 1.77. The van der Waals surface area contributed by atoms with E-state index in [2.05, 4.69) is 0 Å². The molecule has 114 valence electrons. The van der Waals surface area contributed by atoms with Crippen LogP contribution in [0.2, 0.25) is 0 Å². The molecule has 0 aromatic heterocycles. The normalized spacial score (nSPS) is 37.2. The lowest BCUT2D eigenvalue weighted by atomic mass is 10.0. The van der Waals surface area contributed by atoms with Crippen LogP contribution in [0.3, 0.4) is 0 Å². The summed E-state index contributed by atoms with van der Waals surface area (Å²) in [7, 11) is 0. The quantitative estimate of drug-likeness (QED) is 0.358. The summed E-state index contributed by atoms with van der Waals surface area (Å²) < 4.78 is 5.07. The van der Waals surface area contributed by atoms with Gasteiger partial charge in [-0.3, -0.25) is 0 Å². The van der Waals surface area contributed by atoms with E-state index in [1.165, 1.54) is 6.08 Å². The summed E-state index contributed by atoms with van der Waals surface area (Å²) in [6, 6.07) is 0. The predicted molar refractivity (Wildman–Crippen MR) is 71.7 cm³/mol. The smallest absolute Gasteiger partial charge is 0.330 e. The molecule has 0 bridgehead atoms. The van der Waals surface area contributed by atoms with Crippen molar-refractivity contribution >= 4 is 5.97 Å². The Hall–Kier alpha value is -1.21. The Kier molecular flexibility index (Phi) is 6.87. The molecule has 0 aromatic rings. The molecule has 0 aromatic carbocycles. The maximum absolute atomic E-state index is 11.4. The first kappa shape index (κ1) is 16.8. The summed E-state index contributed by atoms with van der Waals surface area (Å²) in [6.07, 6.45) is 1.06. The van der Waals surface area contributed by atoms with E-state index >= 15 is 0 Å². The van der Waals surface area contributed by atoms with Crippen LogP contribution in [-0.4, -0.2) is 56.9 Å². The van der Waals surface area contributed by atoms with E-state index in [1.807, 2.05) is 0 Å². The van der Waals surface area contributed by atoms with E-state index in [9.17, 15) is 25.2 Å². The van der Waals surface area contributed by atoms with Crippen LogP contribution in [0.5, 0.6) is 0 Å². The second-order valence-electron chi connectivity index (χ2n) is 4.93. The second kappa shape index (κ2) is 8.16. The van der Waals surface area contributed by atoms with Crippen LogP contribution in [-0.2, 0) is 9.53 Å². The minimum absolute atomic E-state index is 0.249. The average Bonchev–Trinajstić information content (AvgIpc) is 2.41. The molecule has 0 spiro atoms. The van der Waals surface area contributed by atoms with Crippen molar-refractivity contribution in [2.75, 3.05) is 0 Å². The van der Waals surface area contributed by atoms with Gasteiger partial charge in [0, 0.05) is 6.08 Å². The summed E-state index contributed by atoms with van der Waals surface area (Å²) in [5, 5.41) is 38.6. The molecule has 6 nitrogen and oxygen atoms in total. The maximum atomic E-state index is 11.4. The third-order valence-corrected chi connectivity index (χ3v) is 3.11. The molecular formula is C14H22O6. The fraction of sp³-hybridized carbons (Fsp3) is 0.643. The average molecular weight is 286 g/mol. The highest BCUT2D eigenvalue weighted by atomic mass is 16.5. The van der Waals surface area contributed by atoms with Gasteiger partial charge in [0.1, 0.15) is 24.4 Å². The number of hydrogen-bond acceptors (Lipinski definition) is 6. The lowest BCUT2D eigenvalue weighted by Crippen LogP contribution is -2.43. The SMILES string of the molecule is CC1CCCC=CC(O)C(O)C(O)C(O)C=CC(=O)O1. The Bertz CT molecular complexity index is 365. The fourth-order valence-electron chi connectivity index (χ4n) is 1.86. The van der Waals surface area contributed by atoms with Crippen LogP contribution in [0.4, 0.5) is 0 Å². The molecule has 1 heterocycles. The van der Waals surface area contributed by atoms with Gasteiger partial charge in [0.05, 0.1) is 6.10 Å². The molecule has 5 atom stereocenters. The topological polar surface area (TPSA) is 107 Å². The van der Waals surface area contributed by atoms with Crippen molar-refractivity contribution in [3.05, 3.63) is 24.3 Å². The zero-order valence-electron chi connectivity index (χ0n) is 11.4. The van der Waals surface area contributed by atoms with Crippen LogP contribution >= 0.6 is 0 Å². The molecule has 4 N–H and O–H groups in total. The molecule has 0 radical (unpaired) electrons. The first-order valence-corrected chi connectivity index (χ1v) is 6.69. The minimum Gasteiger partial charge on any atom is -0.460 e. The molecular weight excluding hydrogens is 264 g/mol. The van der Waals surface area contributed by atoms with Crippen molar-refractivity contribution in [3.8, 4) is 0 Å². The molecule has 5 unspecified atom stereocenters. The van der Waals surface area contributed by atoms with E-state index < -0.39 is 30.4 Å². The van der Waals surface area contributed by atoms with Gasteiger partial charge in [-0.05, 0) is 32.3 Å². The van der Waals surface area contributed by atoms with Crippen LogP contribution < -0.4 is 0 Å². The summed E-state index contributed by atoms with van der Waals surface area (Å²) in [5.41, 5.74) is 0. The largest absolute Gasteiger partial charge is 0.460 e. The van der Waals surface area contributed by atoms with Crippen molar-refractivity contribution in [2.24, 2.45) is 0 Å². The van der Waals surface area contributed by atoms with Gasteiger partial charge < -0.3 is 25.2 Å². The van der Waals surface area contributed by atoms with E-state index in [1.54, 1.807) is 13.0 Å². The maximum Gasteiger partial charge on any atom is 0.330 e. The first-order valence-electron chi connectivity index (χ1n) is 6.69. The number of rotatable bonds is 0. The number of esters is 1. The van der Waals surface area contributed by atoms with Crippen molar-refractivity contribution in [1.82, 2.24) is 0 Å². The molecule has 1 aliphatic heterocycles. The molecule has 0 amide bonds. The van der Waals surface area contributed by atoms with Crippen LogP contribution in [0.15, 0.2) is 24.3 Å². The monoisotopic (exact) mass is 286 g/mol. The van der Waals surface area contributed by atoms with E-state index in [0.717, 1.165) is 18.6 Å². The Balaban J connectivity index is 2.80. The minimum atomic E-state index is -1.60. The Morgan fingerprint density at radius 2 is 1.70 bits per heavy atom. The zero-order valence-corrected chi connectivity index (χ0v) is 11.4. The molecule has 1 rings (SSSR count). The Labute approximate surface area is 118 Å². The number of carbonyl (C=O) groups excluding carboxylic acids is 1. The van der Waals surface area contributed by atoms with Crippen molar-refractivity contribution in [2.45, 2.75) is 56.7 Å². The lowest BCUT2D eigenvalue weighted by molar-refractivity contribution is -0.142. The number of aliphatic hydroxyl groups is 4. The first-order chi connectivity index (χ1) is 9.41. The Morgan fingerprint density at radius 1 is 1.10 bits per heavy atom. The molecule has 0 saturated carbocycles. The van der Waals surface area contributed by atoms with E-state index in [0.29, 0.717) is 12.8 Å². The highest BCUT2D eigenvalue weighted by molar-refractivity contribution is 5.82. The predicted octanol–water partition coefficient (Wildman–Crippen LogP) is -0.342. The third kappa shape index (κ3) is 5.42. The van der Waals surface area contributed by atoms with Crippen molar-refractivity contribution < 1.29 is 30.0 Å². The number of carbonyl (C=O) groups is 1. The Morgan fingerprint density at radius 3 is 2.35 bits per heavy atom. The zero-order chi connectivity index (χ0) is 15.1. The molecule has 6 heteroatoms. The highest BCUT2D eigenvalue weighted by Gasteiger charge is 2.27. The summed E-state index contributed by atoms with van der Waals surface area (Å²) in [5.74, 6) is -0.619. The van der Waals surface area contributed by atoms with Gasteiger partial charge in [0.25, 0.3) is 0 Å². The summed E-state index contributed by atoms with van der Waals surface area (Å²) >= 11 is 0. The number of allylic oxidation sites excluding steroid dienone is 1. The van der Waals surface area contributed by atoms with Gasteiger partial charge in [0.15, 0.2) is 0 Å². The van der Waals surface area contributed by atoms with Crippen molar-refractivity contribution in [3.63, 3.8) is 0 Å². The number of hydrogen-bond donors (Lipinski definition) is 4. The fourth-order valence-corrected chi connectivity index (χ4v) is 1.86. The van der Waals surface area contributed by atoms with Gasteiger partial charge in [-0.1, -0.05) is 12.2 Å². The van der Waals surface area contributed by atoms with E-state index in [-0.39, 0.29) is 6.10 Å².